The SMILES string of the molecule is CCc1ccc(Oc2ccccc2C(O)CC)cc1. The third-order valence-corrected chi connectivity index (χ3v) is 3.22. The van der Waals surface area contributed by atoms with Crippen LogP contribution in [0.15, 0.2) is 48.5 Å². The number of hydrogen-bond donors (Lipinski definition) is 1. The smallest absolute Gasteiger partial charge is 0.133 e. The largest absolute Gasteiger partial charge is 0.457 e. The van der Waals surface area contributed by atoms with Crippen molar-refractivity contribution in [1.29, 1.82) is 0 Å². The van der Waals surface area contributed by atoms with E-state index in [-0.39, 0.29) is 0 Å². The number of para-hydroxylation sites is 1. The number of aryl methyl sites for hydroxylation is 1. The summed E-state index contributed by atoms with van der Waals surface area (Å²) in [6.45, 7) is 4.08. The number of ether oxygens (including phenoxy) is 1. The van der Waals surface area contributed by atoms with E-state index in [9.17, 15) is 5.11 Å². The molecule has 0 amide bonds. The normalized spacial score (nSPS) is 12.2. The van der Waals surface area contributed by atoms with Crippen LogP contribution in [0.1, 0.15) is 37.5 Å². The molecule has 0 spiro atoms. The molecule has 0 saturated heterocycles. The van der Waals surface area contributed by atoms with Crippen LogP contribution in [0.25, 0.3) is 0 Å². The fourth-order valence-electron chi connectivity index (χ4n) is 1.99. The summed E-state index contributed by atoms with van der Waals surface area (Å²) in [4.78, 5) is 0. The van der Waals surface area contributed by atoms with Crippen LogP contribution in [-0.2, 0) is 6.42 Å². The Bertz CT molecular complexity index is 517. The minimum absolute atomic E-state index is 0.480. The predicted molar refractivity (Wildman–Crippen MR) is 77.6 cm³/mol. The zero-order valence-corrected chi connectivity index (χ0v) is 11.5. The van der Waals surface area contributed by atoms with E-state index in [4.69, 9.17) is 4.74 Å². The maximum atomic E-state index is 9.99. The molecule has 2 rings (SSSR count). The fourth-order valence-corrected chi connectivity index (χ4v) is 1.99. The van der Waals surface area contributed by atoms with Crippen molar-refractivity contribution < 1.29 is 9.84 Å². The maximum absolute atomic E-state index is 9.99. The van der Waals surface area contributed by atoms with Gasteiger partial charge in [0.2, 0.25) is 0 Å². The molecule has 0 saturated carbocycles. The van der Waals surface area contributed by atoms with Crippen molar-refractivity contribution in [2.45, 2.75) is 32.8 Å². The second-order valence-electron chi connectivity index (χ2n) is 4.56. The first-order valence-corrected chi connectivity index (χ1v) is 6.78. The Labute approximate surface area is 114 Å². The Morgan fingerprint density at radius 3 is 2.32 bits per heavy atom. The number of aliphatic hydroxyl groups is 1. The predicted octanol–water partition coefficient (Wildman–Crippen LogP) is 4.48. The molecule has 19 heavy (non-hydrogen) atoms. The van der Waals surface area contributed by atoms with Crippen molar-refractivity contribution in [3.63, 3.8) is 0 Å². The molecular weight excluding hydrogens is 236 g/mol. The van der Waals surface area contributed by atoms with Gasteiger partial charge in [0, 0.05) is 5.56 Å². The zero-order chi connectivity index (χ0) is 13.7. The highest BCUT2D eigenvalue weighted by atomic mass is 16.5. The molecule has 0 fully saturated rings. The Kier molecular flexibility index (Phi) is 4.58. The Hall–Kier alpha value is -1.80. The molecule has 2 heteroatoms. The van der Waals surface area contributed by atoms with Gasteiger partial charge in [0.05, 0.1) is 6.10 Å². The highest BCUT2D eigenvalue weighted by Crippen LogP contribution is 2.30. The first-order valence-electron chi connectivity index (χ1n) is 6.78. The lowest BCUT2D eigenvalue weighted by Crippen LogP contribution is -1.98. The van der Waals surface area contributed by atoms with Crippen LogP contribution in [0.5, 0.6) is 11.5 Å². The molecule has 1 N–H and O–H groups in total. The lowest BCUT2D eigenvalue weighted by atomic mass is 10.1. The molecule has 100 valence electrons. The number of aliphatic hydroxyl groups excluding tert-OH is 1. The monoisotopic (exact) mass is 256 g/mol. The summed E-state index contributed by atoms with van der Waals surface area (Å²) in [5.74, 6) is 1.52. The van der Waals surface area contributed by atoms with Crippen molar-refractivity contribution in [3.05, 3.63) is 59.7 Å². The molecule has 1 atom stereocenters. The van der Waals surface area contributed by atoms with E-state index >= 15 is 0 Å². The van der Waals surface area contributed by atoms with Crippen molar-refractivity contribution >= 4 is 0 Å². The average Bonchev–Trinajstić information content (AvgIpc) is 2.48. The Morgan fingerprint density at radius 2 is 1.68 bits per heavy atom. The summed E-state index contributed by atoms with van der Waals surface area (Å²) in [6.07, 6.45) is 1.21. The van der Waals surface area contributed by atoms with Gasteiger partial charge in [-0.3, -0.25) is 0 Å². The summed E-state index contributed by atoms with van der Waals surface area (Å²) in [5.41, 5.74) is 2.12. The third-order valence-electron chi connectivity index (χ3n) is 3.22. The van der Waals surface area contributed by atoms with Gasteiger partial charge in [-0.15, -0.1) is 0 Å². The molecule has 0 aliphatic rings. The van der Waals surface area contributed by atoms with Crippen LogP contribution in [0, 0.1) is 0 Å². The molecule has 0 aromatic heterocycles. The van der Waals surface area contributed by atoms with Gasteiger partial charge < -0.3 is 9.84 Å². The van der Waals surface area contributed by atoms with Crippen molar-refractivity contribution in [3.8, 4) is 11.5 Å². The summed E-state index contributed by atoms with van der Waals surface area (Å²) >= 11 is 0. The molecule has 0 heterocycles. The first-order chi connectivity index (χ1) is 9.24. The maximum Gasteiger partial charge on any atom is 0.133 e. The molecule has 2 aromatic carbocycles. The number of benzene rings is 2. The lowest BCUT2D eigenvalue weighted by Gasteiger charge is -2.14. The summed E-state index contributed by atoms with van der Waals surface area (Å²) < 4.78 is 5.87. The molecule has 0 aliphatic heterocycles. The molecule has 0 aliphatic carbocycles. The van der Waals surface area contributed by atoms with Crippen LogP contribution in [0.3, 0.4) is 0 Å². The van der Waals surface area contributed by atoms with Crippen LogP contribution in [0.2, 0.25) is 0 Å². The van der Waals surface area contributed by atoms with Gasteiger partial charge in [0.15, 0.2) is 0 Å². The topological polar surface area (TPSA) is 29.5 Å². The molecule has 1 unspecified atom stereocenters. The van der Waals surface area contributed by atoms with Gasteiger partial charge in [-0.25, -0.2) is 0 Å². The third kappa shape index (κ3) is 3.36. The first kappa shape index (κ1) is 13.6. The van der Waals surface area contributed by atoms with E-state index in [1.54, 1.807) is 0 Å². The highest BCUT2D eigenvalue weighted by Gasteiger charge is 2.11. The number of rotatable bonds is 5. The van der Waals surface area contributed by atoms with Gasteiger partial charge >= 0.3 is 0 Å². The minimum atomic E-state index is -0.480. The molecule has 0 radical (unpaired) electrons. The van der Waals surface area contributed by atoms with Crippen molar-refractivity contribution in [2.24, 2.45) is 0 Å². The van der Waals surface area contributed by atoms with E-state index < -0.39 is 6.10 Å². The van der Waals surface area contributed by atoms with Crippen molar-refractivity contribution in [2.75, 3.05) is 0 Å². The van der Waals surface area contributed by atoms with E-state index in [2.05, 4.69) is 19.1 Å². The summed E-state index contributed by atoms with van der Waals surface area (Å²) in [7, 11) is 0. The Morgan fingerprint density at radius 1 is 1.00 bits per heavy atom. The zero-order valence-electron chi connectivity index (χ0n) is 11.5. The molecule has 2 nitrogen and oxygen atoms in total. The lowest BCUT2D eigenvalue weighted by molar-refractivity contribution is 0.170. The van der Waals surface area contributed by atoms with Crippen LogP contribution < -0.4 is 4.74 Å². The Balaban J connectivity index is 2.22. The van der Waals surface area contributed by atoms with Crippen LogP contribution in [-0.4, -0.2) is 5.11 Å². The fraction of sp³-hybridized carbons (Fsp3) is 0.294. The summed E-state index contributed by atoms with van der Waals surface area (Å²) in [5, 5.41) is 9.99. The van der Waals surface area contributed by atoms with E-state index in [1.165, 1.54) is 5.56 Å². The van der Waals surface area contributed by atoms with E-state index in [0.29, 0.717) is 6.42 Å². The molecule has 2 aromatic rings. The molecular formula is C17H20O2. The minimum Gasteiger partial charge on any atom is -0.457 e. The number of hydrogen-bond acceptors (Lipinski definition) is 2. The van der Waals surface area contributed by atoms with Gasteiger partial charge in [0.25, 0.3) is 0 Å². The van der Waals surface area contributed by atoms with Gasteiger partial charge in [-0.05, 0) is 36.6 Å². The highest BCUT2D eigenvalue weighted by molar-refractivity contribution is 5.39. The summed E-state index contributed by atoms with van der Waals surface area (Å²) in [6, 6.07) is 15.7. The van der Waals surface area contributed by atoms with E-state index in [1.807, 2.05) is 43.3 Å². The van der Waals surface area contributed by atoms with Crippen LogP contribution in [0.4, 0.5) is 0 Å². The van der Waals surface area contributed by atoms with Crippen molar-refractivity contribution in [1.82, 2.24) is 0 Å². The second-order valence-corrected chi connectivity index (χ2v) is 4.56. The quantitative estimate of drug-likeness (QED) is 0.854. The standard InChI is InChI=1S/C17H20O2/c1-3-13-9-11-14(12-10-13)19-17-8-6-5-7-15(17)16(18)4-2/h5-12,16,18H,3-4H2,1-2H3. The van der Waals surface area contributed by atoms with Gasteiger partial charge in [-0.1, -0.05) is 44.2 Å². The van der Waals surface area contributed by atoms with Gasteiger partial charge in [0.1, 0.15) is 11.5 Å². The van der Waals surface area contributed by atoms with Crippen LogP contribution >= 0.6 is 0 Å². The molecule has 0 bridgehead atoms. The van der Waals surface area contributed by atoms with Gasteiger partial charge in [-0.2, -0.15) is 0 Å². The van der Waals surface area contributed by atoms with E-state index in [0.717, 1.165) is 23.5 Å². The average molecular weight is 256 g/mol. The second kappa shape index (κ2) is 6.39.